The standard InChI is InChI=1S/C10H22N2O2S/c1-3-12(15(13,14)4-2)9-10-5-7-11-8-6-10/h10-11H,3-9H2,1-2H3. The molecule has 1 saturated heterocycles. The molecule has 1 aliphatic rings. The van der Waals surface area contributed by atoms with Gasteiger partial charge in [0.15, 0.2) is 0 Å². The Labute approximate surface area is 93.1 Å². The Kier molecular flexibility index (Phi) is 5.02. The van der Waals surface area contributed by atoms with Crippen LogP contribution in [0.2, 0.25) is 0 Å². The largest absolute Gasteiger partial charge is 0.317 e. The number of piperidine rings is 1. The molecule has 0 aromatic heterocycles. The van der Waals surface area contributed by atoms with Crippen LogP contribution in [0.15, 0.2) is 0 Å². The third-order valence-corrected chi connectivity index (χ3v) is 4.96. The van der Waals surface area contributed by atoms with Crippen LogP contribution in [0.3, 0.4) is 0 Å². The number of hydrogen-bond acceptors (Lipinski definition) is 3. The van der Waals surface area contributed by atoms with Crippen LogP contribution in [0.4, 0.5) is 0 Å². The van der Waals surface area contributed by atoms with Crippen LogP contribution < -0.4 is 5.32 Å². The fourth-order valence-corrected chi connectivity index (χ4v) is 3.17. The summed E-state index contributed by atoms with van der Waals surface area (Å²) in [5, 5.41) is 3.29. The van der Waals surface area contributed by atoms with E-state index in [1.54, 1.807) is 11.2 Å². The first-order chi connectivity index (χ1) is 7.10. The van der Waals surface area contributed by atoms with E-state index in [4.69, 9.17) is 0 Å². The van der Waals surface area contributed by atoms with Gasteiger partial charge in [0.2, 0.25) is 10.0 Å². The molecule has 0 saturated carbocycles. The minimum Gasteiger partial charge on any atom is -0.317 e. The maximum absolute atomic E-state index is 11.7. The Bertz CT molecular complexity index is 271. The maximum Gasteiger partial charge on any atom is 0.213 e. The molecule has 1 N–H and O–H groups in total. The summed E-state index contributed by atoms with van der Waals surface area (Å²) in [5.41, 5.74) is 0. The smallest absolute Gasteiger partial charge is 0.213 e. The summed E-state index contributed by atoms with van der Waals surface area (Å²) in [4.78, 5) is 0. The van der Waals surface area contributed by atoms with Crippen molar-refractivity contribution < 1.29 is 8.42 Å². The molecule has 1 fully saturated rings. The molecule has 90 valence electrons. The third-order valence-electron chi connectivity index (χ3n) is 3.03. The van der Waals surface area contributed by atoms with Gasteiger partial charge in [-0.1, -0.05) is 6.92 Å². The molecule has 1 aliphatic heterocycles. The monoisotopic (exact) mass is 234 g/mol. The highest BCUT2D eigenvalue weighted by atomic mass is 32.2. The zero-order valence-electron chi connectivity index (χ0n) is 9.70. The Morgan fingerprint density at radius 3 is 2.33 bits per heavy atom. The Morgan fingerprint density at radius 1 is 1.27 bits per heavy atom. The zero-order valence-corrected chi connectivity index (χ0v) is 10.5. The maximum atomic E-state index is 11.7. The van der Waals surface area contributed by atoms with Gasteiger partial charge < -0.3 is 5.32 Å². The SMILES string of the molecule is CCN(CC1CCNCC1)S(=O)(=O)CC. The molecule has 4 nitrogen and oxygen atoms in total. The highest BCUT2D eigenvalue weighted by molar-refractivity contribution is 7.89. The van der Waals surface area contributed by atoms with Gasteiger partial charge in [-0.25, -0.2) is 12.7 Å². The van der Waals surface area contributed by atoms with Crippen molar-refractivity contribution in [3.63, 3.8) is 0 Å². The van der Waals surface area contributed by atoms with Crippen LogP contribution >= 0.6 is 0 Å². The molecular weight excluding hydrogens is 212 g/mol. The molecule has 0 bridgehead atoms. The van der Waals surface area contributed by atoms with Gasteiger partial charge in [-0.2, -0.15) is 0 Å². The van der Waals surface area contributed by atoms with Crippen LogP contribution in [0.25, 0.3) is 0 Å². The van der Waals surface area contributed by atoms with E-state index >= 15 is 0 Å². The number of nitrogens with one attached hydrogen (secondary N) is 1. The molecule has 0 unspecified atom stereocenters. The zero-order chi connectivity index (χ0) is 11.3. The molecule has 0 aromatic rings. The van der Waals surface area contributed by atoms with Crippen LogP contribution in [-0.4, -0.2) is 44.7 Å². The van der Waals surface area contributed by atoms with Gasteiger partial charge in [-0.3, -0.25) is 0 Å². The van der Waals surface area contributed by atoms with E-state index in [9.17, 15) is 8.42 Å². The van der Waals surface area contributed by atoms with Crippen molar-refractivity contribution in [1.29, 1.82) is 0 Å². The number of sulfonamides is 1. The summed E-state index contributed by atoms with van der Waals surface area (Å²) in [6.45, 7) is 6.96. The Morgan fingerprint density at radius 2 is 1.87 bits per heavy atom. The van der Waals surface area contributed by atoms with E-state index < -0.39 is 10.0 Å². The third kappa shape index (κ3) is 3.74. The average Bonchev–Trinajstić information content (AvgIpc) is 2.27. The summed E-state index contributed by atoms with van der Waals surface area (Å²) in [5.74, 6) is 0.749. The molecule has 0 atom stereocenters. The predicted octanol–water partition coefficient (Wildman–Crippen LogP) is 0.658. The molecule has 5 heteroatoms. The molecule has 0 radical (unpaired) electrons. The minimum absolute atomic E-state index is 0.214. The minimum atomic E-state index is -3.00. The van der Waals surface area contributed by atoms with Gasteiger partial charge in [0, 0.05) is 13.1 Å². The number of hydrogen-bond donors (Lipinski definition) is 1. The van der Waals surface area contributed by atoms with Gasteiger partial charge in [-0.15, -0.1) is 0 Å². The summed E-state index contributed by atoms with van der Waals surface area (Å²) < 4.78 is 25.1. The van der Waals surface area contributed by atoms with Crippen LogP contribution in [0, 0.1) is 5.92 Å². The number of rotatable bonds is 5. The second-order valence-corrected chi connectivity index (χ2v) is 6.30. The highest BCUT2D eigenvalue weighted by Gasteiger charge is 2.23. The van der Waals surface area contributed by atoms with E-state index in [2.05, 4.69) is 5.32 Å². The quantitative estimate of drug-likeness (QED) is 0.760. The van der Waals surface area contributed by atoms with E-state index in [-0.39, 0.29) is 5.75 Å². The lowest BCUT2D eigenvalue weighted by Crippen LogP contribution is -2.39. The van der Waals surface area contributed by atoms with Crippen molar-refractivity contribution in [3.05, 3.63) is 0 Å². The van der Waals surface area contributed by atoms with Crippen LogP contribution in [0.5, 0.6) is 0 Å². The normalized spacial score (nSPS) is 19.7. The molecule has 1 heterocycles. The highest BCUT2D eigenvalue weighted by Crippen LogP contribution is 2.15. The first-order valence-electron chi connectivity index (χ1n) is 5.78. The lowest BCUT2D eigenvalue weighted by atomic mass is 9.98. The Balaban J connectivity index is 2.52. The van der Waals surface area contributed by atoms with E-state index in [0.29, 0.717) is 19.0 Å². The summed E-state index contributed by atoms with van der Waals surface area (Å²) in [6, 6.07) is 0. The molecular formula is C10H22N2O2S. The predicted molar refractivity (Wildman–Crippen MR) is 62.3 cm³/mol. The molecule has 0 amide bonds. The van der Waals surface area contributed by atoms with Gasteiger partial charge in [0.1, 0.15) is 0 Å². The second kappa shape index (κ2) is 5.82. The summed E-state index contributed by atoms with van der Waals surface area (Å²) >= 11 is 0. The molecule has 0 aromatic carbocycles. The summed E-state index contributed by atoms with van der Waals surface area (Å²) in [7, 11) is -3.00. The van der Waals surface area contributed by atoms with Gasteiger partial charge in [0.05, 0.1) is 5.75 Å². The topological polar surface area (TPSA) is 49.4 Å². The lowest BCUT2D eigenvalue weighted by molar-refractivity contribution is 0.294. The summed E-state index contributed by atoms with van der Waals surface area (Å²) in [6.07, 6.45) is 2.19. The fourth-order valence-electron chi connectivity index (χ4n) is 1.97. The molecule has 0 aliphatic carbocycles. The van der Waals surface area contributed by atoms with Crippen molar-refractivity contribution in [2.45, 2.75) is 26.7 Å². The van der Waals surface area contributed by atoms with Crippen LogP contribution in [-0.2, 0) is 10.0 Å². The average molecular weight is 234 g/mol. The van der Waals surface area contributed by atoms with Crippen molar-refractivity contribution in [3.8, 4) is 0 Å². The van der Waals surface area contributed by atoms with Gasteiger partial charge >= 0.3 is 0 Å². The molecule has 0 spiro atoms. The van der Waals surface area contributed by atoms with E-state index in [1.807, 2.05) is 6.92 Å². The first-order valence-corrected chi connectivity index (χ1v) is 7.39. The van der Waals surface area contributed by atoms with E-state index in [0.717, 1.165) is 25.9 Å². The van der Waals surface area contributed by atoms with Gasteiger partial charge in [0.25, 0.3) is 0 Å². The van der Waals surface area contributed by atoms with Crippen molar-refractivity contribution in [1.82, 2.24) is 9.62 Å². The van der Waals surface area contributed by atoms with E-state index in [1.165, 1.54) is 0 Å². The second-order valence-electron chi connectivity index (χ2n) is 4.04. The fraction of sp³-hybridized carbons (Fsp3) is 1.00. The Hall–Kier alpha value is -0.130. The molecule has 1 rings (SSSR count). The van der Waals surface area contributed by atoms with Crippen molar-refractivity contribution >= 4 is 10.0 Å². The van der Waals surface area contributed by atoms with Crippen molar-refractivity contribution in [2.75, 3.05) is 31.9 Å². The van der Waals surface area contributed by atoms with Crippen molar-refractivity contribution in [2.24, 2.45) is 5.92 Å². The van der Waals surface area contributed by atoms with Gasteiger partial charge in [-0.05, 0) is 38.8 Å². The first kappa shape index (κ1) is 12.9. The van der Waals surface area contributed by atoms with Crippen LogP contribution in [0.1, 0.15) is 26.7 Å². The molecule has 15 heavy (non-hydrogen) atoms. The lowest BCUT2D eigenvalue weighted by Gasteiger charge is -2.28. The number of nitrogens with zero attached hydrogens (tertiary/aromatic N) is 1.